The van der Waals surface area contributed by atoms with Crippen LogP contribution in [0.25, 0.3) is 0 Å². The number of nitrogen functional groups attached to an aromatic ring is 1. The molecule has 0 fully saturated rings. The Balaban J connectivity index is 2.30. The third kappa shape index (κ3) is 3.79. The Kier molecular flexibility index (Phi) is 3.95. The van der Waals surface area contributed by atoms with Crippen LogP contribution in [0.1, 0.15) is 15.9 Å². The predicted octanol–water partition coefficient (Wildman–Crippen LogP) is 2.01. The monoisotopic (exact) mass is 308 g/mol. The van der Waals surface area contributed by atoms with Gasteiger partial charge in [-0.05, 0) is 42.5 Å². The van der Waals surface area contributed by atoms with E-state index in [4.69, 9.17) is 5.73 Å². The van der Waals surface area contributed by atoms with Gasteiger partial charge in [-0.2, -0.15) is 0 Å². The number of ketones is 1. The van der Waals surface area contributed by atoms with E-state index in [1.807, 2.05) is 0 Å². The molecule has 0 bridgehead atoms. The number of sulfonamides is 1. The molecule has 0 amide bonds. The fourth-order valence-corrected chi connectivity index (χ4v) is 2.34. The Bertz CT molecular complexity index is 786. The Labute approximate surface area is 121 Å². The lowest BCUT2D eigenvalue weighted by Crippen LogP contribution is -2.10. The van der Waals surface area contributed by atoms with Gasteiger partial charge in [0, 0.05) is 16.9 Å². The molecular formula is C14H13FN2O3S. The van der Waals surface area contributed by atoms with Gasteiger partial charge in [0.25, 0.3) is 0 Å². The summed E-state index contributed by atoms with van der Waals surface area (Å²) in [5, 5.41) is 0. The van der Waals surface area contributed by atoms with E-state index in [2.05, 4.69) is 4.72 Å². The van der Waals surface area contributed by atoms with Crippen LogP contribution in [0.5, 0.6) is 0 Å². The van der Waals surface area contributed by atoms with Crippen LogP contribution in [0.15, 0.2) is 42.5 Å². The molecule has 2 rings (SSSR count). The third-order valence-corrected chi connectivity index (χ3v) is 3.29. The molecular weight excluding hydrogens is 295 g/mol. The highest BCUT2D eigenvalue weighted by atomic mass is 32.2. The quantitative estimate of drug-likeness (QED) is 0.668. The lowest BCUT2D eigenvalue weighted by molar-refractivity contribution is 0.103. The van der Waals surface area contributed by atoms with Gasteiger partial charge < -0.3 is 5.73 Å². The molecule has 0 spiro atoms. The number of nitrogens with two attached hydrogens (primary N) is 1. The molecule has 21 heavy (non-hydrogen) atoms. The maximum absolute atomic E-state index is 13.6. The van der Waals surface area contributed by atoms with E-state index in [0.29, 0.717) is 5.69 Å². The SMILES string of the molecule is CS(=O)(=O)Nc1ccc(C(=O)c2cc(N)ccc2F)cc1. The summed E-state index contributed by atoms with van der Waals surface area (Å²) >= 11 is 0. The highest BCUT2D eigenvalue weighted by Gasteiger charge is 2.14. The number of benzene rings is 2. The largest absolute Gasteiger partial charge is 0.399 e. The van der Waals surface area contributed by atoms with Crippen LogP contribution in [-0.2, 0) is 10.0 Å². The molecule has 0 saturated heterocycles. The van der Waals surface area contributed by atoms with Gasteiger partial charge in [0.05, 0.1) is 11.8 Å². The predicted molar refractivity (Wildman–Crippen MR) is 79.2 cm³/mol. The number of carbonyl (C=O) groups is 1. The Morgan fingerprint density at radius 1 is 1.14 bits per heavy atom. The van der Waals surface area contributed by atoms with Gasteiger partial charge in [0.2, 0.25) is 10.0 Å². The smallest absolute Gasteiger partial charge is 0.229 e. The van der Waals surface area contributed by atoms with Gasteiger partial charge in [-0.3, -0.25) is 9.52 Å². The molecule has 5 nitrogen and oxygen atoms in total. The maximum Gasteiger partial charge on any atom is 0.229 e. The average Bonchev–Trinajstić information content (AvgIpc) is 2.40. The normalized spacial score (nSPS) is 11.1. The number of nitrogens with one attached hydrogen (secondary N) is 1. The summed E-state index contributed by atoms with van der Waals surface area (Å²) < 4.78 is 38.1. The van der Waals surface area contributed by atoms with E-state index in [-0.39, 0.29) is 16.8 Å². The number of hydrogen-bond acceptors (Lipinski definition) is 4. The zero-order chi connectivity index (χ0) is 15.6. The second-order valence-corrected chi connectivity index (χ2v) is 6.27. The van der Waals surface area contributed by atoms with Gasteiger partial charge in [0.1, 0.15) is 5.82 Å². The van der Waals surface area contributed by atoms with Crippen LogP contribution >= 0.6 is 0 Å². The molecule has 0 aromatic heterocycles. The van der Waals surface area contributed by atoms with Crippen molar-refractivity contribution in [2.45, 2.75) is 0 Å². The number of rotatable bonds is 4. The second kappa shape index (κ2) is 5.53. The van der Waals surface area contributed by atoms with Crippen molar-refractivity contribution in [1.29, 1.82) is 0 Å². The van der Waals surface area contributed by atoms with Gasteiger partial charge in [-0.1, -0.05) is 0 Å². The minimum Gasteiger partial charge on any atom is -0.399 e. The topological polar surface area (TPSA) is 89.3 Å². The summed E-state index contributed by atoms with van der Waals surface area (Å²) in [5.41, 5.74) is 6.26. The van der Waals surface area contributed by atoms with E-state index in [1.165, 1.54) is 36.4 Å². The third-order valence-electron chi connectivity index (χ3n) is 2.69. The zero-order valence-electron chi connectivity index (χ0n) is 11.1. The lowest BCUT2D eigenvalue weighted by Gasteiger charge is -2.06. The molecule has 3 N–H and O–H groups in total. The van der Waals surface area contributed by atoms with Crippen molar-refractivity contribution >= 4 is 27.2 Å². The number of carbonyl (C=O) groups excluding carboxylic acids is 1. The first-order chi connectivity index (χ1) is 9.76. The summed E-state index contributed by atoms with van der Waals surface area (Å²) in [6, 6.07) is 9.45. The highest BCUT2D eigenvalue weighted by Crippen LogP contribution is 2.18. The average molecular weight is 308 g/mol. The molecule has 0 aliphatic heterocycles. The minimum absolute atomic E-state index is 0.126. The number of hydrogen-bond donors (Lipinski definition) is 2. The van der Waals surface area contributed by atoms with Crippen molar-refractivity contribution in [1.82, 2.24) is 0 Å². The Hall–Kier alpha value is -2.41. The van der Waals surface area contributed by atoms with E-state index >= 15 is 0 Å². The van der Waals surface area contributed by atoms with Crippen LogP contribution in [-0.4, -0.2) is 20.5 Å². The van der Waals surface area contributed by atoms with Crippen molar-refractivity contribution < 1.29 is 17.6 Å². The van der Waals surface area contributed by atoms with Crippen molar-refractivity contribution in [3.05, 3.63) is 59.4 Å². The molecule has 7 heteroatoms. The Morgan fingerprint density at radius 2 is 1.76 bits per heavy atom. The second-order valence-electron chi connectivity index (χ2n) is 4.52. The van der Waals surface area contributed by atoms with Gasteiger partial charge in [-0.15, -0.1) is 0 Å². The van der Waals surface area contributed by atoms with Crippen LogP contribution in [0.2, 0.25) is 0 Å². The summed E-state index contributed by atoms with van der Waals surface area (Å²) in [7, 11) is -3.39. The van der Waals surface area contributed by atoms with Crippen LogP contribution in [0.4, 0.5) is 15.8 Å². The lowest BCUT2D eigenvalue weighted by atomic mass is 10.0. The molecule has 0 heterocycles. The fourth-order valence-electron chi connectivity index (χ4n) is 1.78. The van der Waals surface area contributed by atoms with Crippen LogP contribution in [0, 0.1) is 5.82 Å². The standard InChI is InChI=1S/C14H13FN2O3S/c1-21(19,20)17-11-5-2-9(3-6-11)14(18)12-8-10(16)4-7-13(12)15/h2-8,17H,16H2,1H3. The van der Waals surface area contributed by atoms with Gasteiger partial charge >= 0.3 is 0 Å². The molecule has 0 atom stereocenters. The molecule has 110 valence electrons. The van der Waals surface area contributed by atoms with Crippen LogP contribution in [0.3, 0.4) is 0 Å². The first-order valence-electron chi connectivity index (χ1n) is 5.94. The first-order valence-corrected chi connectivity index (χ1v) is 7.83. The van der Waals surface area contributed by atoms with Crippen molar-refractivity contribution in [2.75, 3.05) is 16.7 Å². The van der Waals surface area contributed by atoms with E-state index in [0.717, 1.165) is 12.3 Å². The van der Waals surface area contributed by atoms with Crippen molar-refractivity contribution in [3.8, 4) is 0 Å². The van der Waals surface area contributed by atoms with Crippen molar-refractivity contribution in [2.24, 2.45) is 0 Å². The molecule has 0 unspecified atom stereocenters. The molecule has 0 aliphatic carbocycles. The van der Waals surface area contributed by atoms with Gasteiger partial charge in [-0.25, -0.2) is 12.8 Å². The summed E-state index contributed by atoms with van der Waals surface area (Å²) in [5.74, 6) is -1.18. The molecule has 0 aliphatic rings. The van der Waals surface area contributed by atoms with E-state index in [9.17, 15) is 17.6 Å². The molecule has 0 radical (unpaired) electrons. The highest BCUT2D eigenvalue weighted by molar-refractivity contribution is 7.92. The number of anilines is 2. The van der Waals surface area contributed by atoms with E-state index in [1.54, 1.807) is 0 Å². The summed E-state index contributed by atoms with van der Waals surface area (Å²) in [4.78, 5) is 12.2. The van der Waals surface area contributed by atoms with Crippen LogP contribution < -0.4 is 10.5 Å². The molecule has 2 aromatic carbocycles. The fraction of sp³-hybridized carbons (Fsp3) is 0.0714. The first kappa shape index (κ1) is 15.0. The number of halogens is 1. The van der Waals surface area contributed by atoms with Gasteiger partial charge in [0.15, 0.2) is 5.78 Å². The molecule has 2 aromatic rings. The minimum atomic E-state index is -3.39. The maximum atomic E-state index is 13.6. The summed E-state index contributed by atoms with van der Waals surface area (Å²) in [6.07, 6.45) is 1.02. The molecule has 0 saturated carbocycles. The van der Waals surface area contributed by atoms with Crippen molar-refractivity contribution in [3.63, 3.8) is 0 Å². The summed E-state index contributed by atoms with van der Waals surface area (Å²) in [6.45, 7) is 0. The zero-order valence-corrected chi connectivity index (χ0v) is 11.9. The Morgan fingerprint density at radius 3 is 2.33 bits per heavy atom. The van der Waals surface area contributed by atoms with E-state index < -0.39 is 21.6 Å².